The van der Waals surface area contributed by atoms with Gasteiger partial charge >= 0.3 is 0 Å². The van der Waals surface area contributed by atoms with Crippen molar-refractivity contribution in [2.24, 2.45) is 0 Å². The first-order valence-corrected chi connectivity index (χ1v) is 8.41. The van der Waals surface area contributed by atoms with E-state index in [1.807, 2.05) is 11.3 Å². The molecule has 20 heavy (non-hydrogen) atoms. The number of hydrogen-bond donors (Lipinski definition) is 1. The van der Waals surface area contributed by atoms with Crippen LogP contribution in [0.25, 0.3) is 0 Å². The molecule has 0 radical (unpaired) electrons. The summed E-state index contributed by atoms with van der Waals surface area (Å²) >= 11 is 1.87. The van der Waals surface area contributed by atoms with Crippen molar-refractivity contribution >= 4 is 11.3 Å². The van der Waals surface area contributed by atoms with E-state index in [1.165, 1.54) is 40.8 Å². The van der Waals surface area contributed by atoms with E-state index < -0.39 is 0 Å². The molecule has 0 amide bonds. The summed E-state index contributed by atoms with van der Waals surface area (Å²) in [5.41, 5.74) is 4.22. The molecular weight excluding hydrogens is 262 g/mol. The fourth-order valence-electron chi connectivity index (χ4n) is 2.68. The summed E-state index contributed by atoms with van der Waals surface area (Å²) in [5.74, 6) is 0. The smallest absolute Gasteiger partial charge is 0.0322 e. The third kappa shape index (κ3) is 4.19. The van der Waals surface area contributed by atoms with Gasteiger partial charge in [-0.1, -0.05) is 36.8 Å². The van der Waals surface area contributed by atoms with E-state index in [2.05, 4.69) is 61.8 Å². The van der Waals surface area contributed by atoms with E-state index in [1.54, 1.807) is 0 Å². The molecule has 1 N–H and O–H groups in total. The molecule has 1 unspecified atom stereocenters. The quantitative estimate of drug-likeness (QED) is 0.752. The lowest BCUT2D eigenvalue weighted by atomic mass is 9.95. The van der Waals surface area contributed by atoms with Gasteiger partial charge in [-0.15, -0.1) is 11.3 Å². The molecule has 108 valence electrons. The Balaban J connectivity index is 2.00. The summed E-state index contributed by atoms with van der Waals surface area (Å²) in [6, 6.07) is 11.7. The average molecular weight is 287 g/mol. The number of hydrogen-bond acceptors (Lipinski definition) is 2. The largest absolute Gasteiger partial charge is 0.310 e. The van der Waals surface area contributed by atoms with Crippen molar-refractivity contribution in [3.63, 3.8) is 0 Å². The molecule has 2 aromatic rings. The van der Waals surface area contributed by atoms with Crippen LogP contribution in [-0.4, -0.2) is 6.54 Å². The molecule has 0 fully saturated rings. The second-order valence-corrected chi connectivity index (χ2v) is 6.47. The first kappa shape index (κ1) is 15.3. The molecule has 1 aromatic heterocycles. The predicted molar refractivity (Wildman–Crippen MR) is 89.6 cm³/mol. The van der Waals surface area contributed by atoms with E-state index in [-0.39, 0.29) is 0 Å². The van der Waals surface area contributed by atoms with Crippen LogP contribution < -0.4 is 5.32 Å². The lowest BCUT2D eigenvalue weighted by Crippen LogP contribution is -2.22. The predicted octanol–water partition coefficient (Wildman–Crippen LogP) is 5.04. The summed E-state index contributed by atoms with van der Waals surface area (Å²) in [5, 5.41) is 5.82. The molecular formula is C18H25NS. The zero-order valence-electron chi connectivity index (χ0n) is 12.8. The van der Waals surface area contributed by atoms with Crippen LogP contribution in [0.1, 0.15) is 47.4 Å². The zero-order chi connectivity index (χ0) is 14.4. The molecule has 0 aliphatic carbocycles. The van der Waals surface area contributed by atoms with Crippen molar-refractivity contribution in [2.75, 3.05) is 6.54 Å². The van der Waals surface area contributed by atoms with Crippen molar-refractivity contribution in [1.29, 1.82) is 0 Å². The maximum absolute atomic E-state index is 3.65. The third-order valence-corrected chi connectivity index (χ3v) is 4.69. The fraction of sp³-hybridized carbons (Fsp3) is 0.444. The highest BCUT2D eigenvalue weighted by Crippen LogP contribution is 2.24. The molecule has 0 spiro atoms. The maximum Gasteiger partial charge on any atom is 0.0322 e. The van der Waals surface area contributed by atoms with Crippen molar-refractivity contribution in [2.45, 2.75) is 46.1 Å². The molecule has 0 saturated carbocycles. The summed E-state index contributed by atoms with van der Waals surface area (Å²) in [6.45, 7) is 7.62. The molecule has 0 aliphatic heterocycles. The van der Waals surface area contributed by atoms with E-state index in [0.717, 1.165) is 6.54 Å². The van der Waals surface area contributed by atoms with Crippen LogP contribution >= 0.6 is 11.3 Å². The highest BCUT2D eigenvalue weighted by Gasteiger charge is 2.12. The highest BCUT2D eigenvalue weighted by molar-refractivity contribution is 7.09. The number of rotatable bonds is 7. The van der Waals surface area contributed by atoms with E-state index in [4.69, 9.17) is 0 Å². The van der Waals surface area contributed by atoms with E-state index in [9.17, 15) is 0 Å². The van der Waals surface area contributed by atoms with E-state index >= 15 is 0 Å². The minimum atomic E-state index is 0.486. The van der Waals surface area contributed by atoms with Gasteiger partial charge in [-0.05, 0) is 62.2 Å². The van der Waals surface area contributed by atoms with Crippen molar-refractivity contribution < 1.29 is 0 Å². The Morgan fingerprint density at radius 2 is 2.05 bits per heavy atom. The van der Waals surface area contributed by atoms with Crippen LogP contribution in [-0.2, 0) is 6.42 Å². The van der Waals surface area contributed by atoms with Gasteiger partial charge in [0.1, 0.15) is 0 Å². The van der Waals surface area contributed by atoms with Gasteiger partial charge in [0.25, 0.3) is 0 Å². The molecule has 1 atom stereocenters. The second kappa shape index (κ2) is 7.61. The maximum atomic E-state index is 3.65. The average Bonchev–Trinajstić information content (AvgIpc) is 2.94. The molecule has 2 heteroatoms. The van der Waals surface area contributed by atoms with Crippen LogP contribution in [0, 0.1) is 13.8 Å². The Morgan fingerprint density at radius 3 is 2.75 bits per heavy atom. The topological polar surface area (TPSA) is 12.0 Å². The molecule has 1 aromatic carbocycles. The van der Waals surface area contributed by atoms with Crippen molar-refractivity contribution in [1.82, 2.24) is 5.32 Å². The first-order valence-electron chi connectivity index (χ1n) is 7.53. The standard InChI is InChI=1S/C18H25NS/c1-4-19-18(9-5-7-16-8-6-12-20-16)17-13-14(2)10-11-15(17)3/h6,8,10-13,18-19H,4-5,7,9H2,1-3H3. The number of benzene rings is 1. The molecule has 0 saturated heterocycles. The fourth-order valence-corrected chi connectivity index (χ4v) is 3.44. The van der Waals surface area contributed by atoms with Crippen molar-refractivity contribution in [3.05, 3.63) is 57.3 Å². The normalized spacial score (nSPS) is 12.6. The summed E-state index contributed by atoms with van der Waals surface area (Å²) in [4.78, 5) is 1.50. The van der Waals surface area contributed by atoms with Crippen LogP contribution in [0.4, 0.5) is 0 Å². The molecule has 0 aliphatic rings. The van der Waals surface area contributed by atoms with Gasteiger partial charge < -0.3 is 5.32 Å². The Bertz CT molecular complexity index is 516. The lowest BCUT2D eigenvalue weighted by Gasteiger charge is -2.21. The van der Waals surface area contributed by atoms with E-state index in [0.29, 0.717) is 6.04 Å². The molecule has 1 heterocycles. The Kier molecular flexibility index (Phi) is 5.81. The summed E-state index contributed by atoms with van der Waals surface area (Å²) in [7, 11) is 0. The third-order valence-electron chi connectivity index (χ3n) is 3.76. The Morgan fingerprint density at radius 1 is 1.20 bits per heavy atom. The number of thiophene rings is 1. The SMILES string of the molecule is CCNC(CCCc1cccs1)c1cc(C)ccc1C. The van der Waals surface area contributed by atoms with Crippen LogP contribution in [0.2, 0.25) is 0 Å². The van der Waals surface area contributed by atoms with Gasteiger partial charge in [-0.25, -0.2) is 0 Å². The van der Waals surface area contributed by atoms with Gasteiger partial charge in [0.15, 0.2) is 0 Å². The minimum Gasteiger partial charge on any atom is -0.310 e. The molecule has 1 nitrogen and oxygen atoms in total. The van der Waals surface area contributed by atoms with Crippen LogP contribution in [0.3, 0.4) is 0 Å². The molecule has 0 bridgehead atoms. The number of nitrogens with one attached hydrogen (secondary N) is 1. The van der Waals surface area contributed by atoms with Gasteiger partial charge in [-0.2, -0.15) is 0 Å². The van der Waals surface area contributed by atoms with Gasteiger partial charge in [0, 0.05) is 10.9 Å². The lowest BCUT2D eigenvalue weighted by molar-refractivity contribution is 0.497. The Labute approximate surface area is 127 Å². The summed E-state index contributed by atoms with van der Waals surface area (Å²) in [6.07, 6.45) is 3.64. The van der Waals surface area contributed by atoms with Crippen molar-refractivity contribution in [3.8, 4) is 0 Å². The zero-order valence-corrected chi connectivity index (χ0v) is 13.6. The monoisotopic (exact) mass is 287 g/mol. The molecule has 2 rings (SSSR count). The second-order valence-electron chi connectivity index (χ2n) is 5.44. The minimum absolute atomic E-state index is 0.486. The van der Waals surface area contributed by atoms with Gasteiger partial charge in [0.05, 0.1) is 0 Å². The number of aryl methyl sites for hydroxylation is 3. The Hall–Kier alpha value is -1.12. The highest BCUT2D eigenvalue weighted by atomic mass is 32.1. The van der Waals surface area contributed by atoms with Gasteiger partial charge in [-0.3, -0.25) is 0 Å². The van der Waals surface area contributed by atoms with Crippen LogP contribution in [0.15, 0.2) is 35.7 Å². The van der Waals surface area contributed by atoms with Crippen LogP contribution in [0.5, 0.6) is 0 Å². The summed E-state index contributed by atoms with van der Waals surface area (Å²) < 4.78 is 0. The van der Waals surface area contributed by atoms with Gasteiger partial charge in [0.2, 0.25) is 0 Å². The first-order chi connectivity index (χ1) is 9.70.